The van der Waals surface area contributed by atoms with E-state index in [1.165, 1.54) is 50.1 Å². The van der Waals surface area contributed by atoms with E-state index in [1.54, 1.807) is 0 Å². The van der Waals surface area contributed by atoms with Gasteiger partial charge in [0.1, 0.15) is 0 Å². The fraction of sp³-hybridized carbons (Fsp3) is 0. The zero-order chi connectivity index (χ0) is 32.1. The molecule has 48 heavy (non-hydrogen) atoms. The number of nitrogens with zero attached hydrogens (tertiary/aromatic N) is 1. The highest BCUT2D eigenvalue weighted by Crippen LogP contribution is 2.33. The minimum absolute atomic E-state index is 0.963. The Hall–Kier alpha value is -6.31. The third-order valence-corrected chi connectivity index (χ3v) is 8.90. The van der Waals surface area contributed by atoms with Crippen molar-refractivity contribution in [2.45, 2.75) is 0 Å². The zero-order valence-corrected chi connectivity index (χ0v) is 26.5. The lowest BCUT2D eigenvalue weighted by molar-refractivity contribution is 1.32. The molecule has 0 N–H and O–H groups in total. The van der Waals surface area contributed by atoms with Gasteiger partial charge in [-0.25, -0.2) is 4.98 Å². The molecular formula is C47H33N. The Labute approximate surface area is 282 Å². The average molecular weight is 612 g/mol. The normalized spacial score (nSPS) is 10.9. The molecule has 0 saturated heterocycles. The first-order valence-electron chi connectivity index (χ1n) is 16.4. The van der Waals surface area contributed by atoms with Gasteiger partial charge in [-0.1, -0.05) is 176 Å². The summed E-state index contributed by atoms with van der Waals surface area (Å²) < 4.78 is 0. The average Bonchev–Trinajstić information content (AvgIpc) is 3.19. The van der Waals surface area contributed by atoms with Crippen molar-refractivity contribution in [3.05, 3.63) is 200 Å². The van der Waals surface area contributed by atoms with Gasteiger partial charge in [-0.2, -0.15) is 0 Å². The van der Waals surface area contributed by atoms with Gasteiger partial charge < -0.3 is 0 Å². The lowest BCUT2D eigenvalue weighted by Crippen LogP contribution is -1.91. The molecule has 0 aliphatic rings. The minimum Gasteiger partial charge on any atom is -0.248 e. The van der Waals surface area contributed by atoms with Crippen LogP contribution < -0.4 is 0 Å². The molecule has 0 unspecified atom stereocenters. The summed E-state index contributed by atoms with van der Waals surface area (Å²) in [7, 11) is 0. The van der Waals surface area contributed by atoms with E-state index in [0.717, 1.165) is 28.1 Å². The van der Waals surface area contributed by atoms with Crippen molar-refractivity contribution >= 4 is 0 Å². The van der Waals surface area contributed by atoms with Crippen LogP contribution in [-0.2, 0) is 0 Å². The van der Waals surface area contributed by atoms with Crippen LogP contribution in [-0.4, -0.2) is 4.98 Å². The maximum Gasteiger partial charge on any atom is 0.0715 e. The van der Waals surface area contributed by atoms with E-state index in [9.17, 15) is 0 Å². The molecule has 0 amide bonds. The van der Waals surface area contributed by atoms with Gasteiger partial charge in [0.05, 0.1) is 11.4 Å². The van der Waals surface area contributed by atoms with Gasteiger partial charge in [0.2, 0.25) is 0 Å². The summed E-state index contributed by atoms with van der Waals surface area (Å²) in [5, 5.41) is 0. The van der Waals surface area contributed by atoms with Crippen LogP contribution in [0.3, 0.4) is 0 Å². The molecule has 1 heterocycles. The van der Waals surface area contributed by atoms with Gasteiger partial charge in [0.25, 0.3) is 0 Å². The number of hydrogen-bond donors (Lipinski definition) is 0. The second kappa shape index (κ2) is 13.2. The fourth-order valence-corrected chi connectivity index (χ4v) is 6.31. The van der Waals surface area contributed by atoms with Gasteiger partial charge in [0, 0.05) is 11.1 Å². The standard InChI is InChI=1S/C47H33N/c1-4-12-34(13-5-1)41-18-10-19-42(30-41)36-22-24-37(25-23-36)43-20-11-21-44(31-43)38-26-28-40(29-27-38)47-33-45(35-14-6-2-7-15-35)32-46(48-47)39-16-8-3-9-17-39/h1-33H. The summed E-state index contributed by atoms with van der Waals surface area (Å²) >= 11 is 0. The molecule has 226 valence electrons. The highest BCUT2D eigenvalue weighted by molar-refractivity contribution is 5.80. The molecule has 0 spiro atoms. The molecule has 0 fully saturated rings. The van der Waals surface area contributed by atoms with Crippen molar-refractivity contribution in [2.75, 3.05) is 0 Å². The number of hydrogen-bond acceptors (Lipinski definition) is 1. The number of pyridine rings is 1. The Morgan fingerprint density at radius 3 is 0.854 bits per heavy atom. The van der Waals surface area contributed by atoms with E-state index in [4.69, 9.17) is 4.98 Å². The van der Waals surface area contributed by atoms with Gasteiger partial charge in [-0.05, 0) is 79.9 Å². The van der Waals surface area contributed by atoms with E-state index in [-0.39, 0.29) is 0 Å². The Balaban J connectivity index is 1.06. The van der Waals surface area contributed by atoms with Gasteiger partial charge in [-0.3, -0.25) is 0 Å². The van der Waals surface area contributed by atoms with E-state index in [2.05, 4.69) is 194 Å². The second-order valence-electron chi connectivity index (χ2n) is 12.0. The third kappa shape index (κ3) is 6.23. The molecule has 1 aromatic heterocycles. The molecule has 0 bridgehead atoms. The Morgan fingerprint density at radius 2 is 0.458 bits per heavy atom. The minimum atomic E-state index is 0.963. The van der Waals surface area contributed by atoms with Crippen LogP contribution in [0.25, 0.3) is 78.1 Å². The second-order valence-corrected chi connectivity index (χ2v) is 12.0. The van der Waals surface area contributed by atoms with Crippen LogP contribution in [0.4, 0.5) is 0 Å². The summed E-state index contributed by atoms with van der Waals surface area (Å²) in [4.78, 5) is 5.10. The summed E-state index contributed by atoms with van der Waals surface area (Å²) in [6, 6.07) is 71.1. The van der Waals surface area contributed by atoms with E-state index in [1.807, 2.05) is 6.07 Å². The Bertz CT molecular complexity index is 2230. The summed E-state index contributed by atoms with van der Waals surface area (Å²) in [5.74, 6) is 0. The van der Waals surface area contributed by atoms with Gasteiger partial charge in [0.15, 0.2) is 0 Å². The highest BCUT2D eigenvalue weighted by Gasteiger charge is 2.10. The number of rotatable bonds is 7. The molecule has 0 aliphatic carbocycles. The van der Waals surface area contributed by atoms with Crippen molar-refractivity contribution in [3.8, 4) is 78.1 Å². The zero-order valence-electron chi connectivity index (χ0n) is 26.5. The van der Waals surface area contributed by atoms with E-state index >= 15 is 0 Å². The first-order valence-corrected chi connectivity index (χ1v) is 16.4. The van der Waals surface area contributed by atoms with Crippen LogP contribution in [0.2, 0.25) is 0 Å². The van der Waals surface area contributed by atoms with Crippen molar-refractivity contribution < 1.29 is 0 Å². The molecular weight excluding hydrogens is 579 g/mol. The van der Waals surface area contributed by atoms with Crippen molar-refractivity contribution in [1.82, 2.24) is 4.98 Å². The smallest absolute Gasteiger partial charge is 0.0715 e. The largest absolute Gasteiger partial charge is 0.248 e. The van der Waals surface area contributed by atoms with Crippen molar-refractivity contribution in [1.29, 1.82) is 0 Å². The maximum absolute atomic E-state index is 5.10. The molecule has 0 radical (unpaired) electrons. The molecule has 0 aliphatic heterocycles. The summed E-state index contributed by atoms with van der Waals surface area (Å²) in [6.45, 7) is 0. The van der Waals surface area contributed by atoms with Crippen LogP contribution in [0.5, 0.6) is 0 Å². The van der Waals surface area contributed by atoms with Gasteiger partial charge >= 0.3 is 0 Å². The van der Waals surface area contributed by atoms with Crippen LogP contribution in [0.1, 0.15) is 0 Å². The van der Waals surface area contributed by atoms with Crippen LogP contribution in [0, 0.1) is 0 Å². The first-order chi connectivity index (χ1) is 23.8. The lowest BCUT2D eigenvalue weighted by atomic mass is 9.95. The topological polar surface area (TPSA) is 12.9 Å². The van der Waals surface area contributed by atoms with E-state index < -0.39 is 0 Å². The SMILES string of the molecule is c1ccc(-c2cccc(-c3ccc(-c4cccc(-c5ccc(-c6cc(-c7ccccc7)cc(-c7ccccc7)n6)cc5)c4)cc3)c2)cc1. The van der Waals surface area contributed by atoms with Crippen LogP contribution >= 0.6 is 0 Å². The van der Waals surface area contributed by atoms with Crippen molar-refractivity contribution in [3.63, 3.8) is 0 Å². The Kier molecular flexibility index (Phi) is 8.01. The van der Waals surface area contributed by atoms with Crippen LogP contribution in [0.15, 0.2) is 200 Å². The van der Waals surface area contributed by atoms with E-state index in [0.29, 0.717) is 0 Å². The molecule has 0 atom stereocenters. The monoisotopic (exact) mass is 611 g/mol. The quantitative estimate of drug-likeness (QED) is 0.175. The summed E-state index contributed by atoms with van der Waals surface area (Å²) in [5.41, 5.74) is 16.1. The molecule has 8 aromatic rings. The number of aromatic nitrogens is 1. The van der Waals surface area contributed by atoms with Gasteiger partial charge in [-0.15, -0.1) is 0 Å². The Morgan fingerprint density at radius 1 is 0.188 bits per heavy atom. The number of benzene rings is 7. The molecule has 1 heteroatoms. The maximum atomic E-state index is 5.10. The predicted octanol–water partition coefficient (Wildman–Crippen LogP) is 12.8. The third-order valence-electron chi connectivity index (χ3n) is 8.90. The molecule has 0 saturated carbocycles. The first kappa shape index (κ1) is 29.1. The predicted molar refractivity (Wildman–Crippen MR) is 202 cm³/mol. The molecule has 8 rings (SSSR count). The highest BCUT2D eigenvalue weighted by atomic mass is 14.7. The summed E-state index contributed by atoms with van der Waals surface area (Å²) in [6.07, 6.45) is 0. The molecule has 7 aromatic carbocycles. The lowest BCUT2D eigenvalue weighted by Gasteiger charge is -2.11. The van der Waals surface area contributed by atoms with Crippen molar-refractivity contribution in [2.24, 2.45) is 0 Å². The molecule has 1 nitrogen and oxygen atoms in total. The fourth-order valence-electron chi connectivity index (χ4n) is 6.31.